The lowest BCUT2D eigenvalue weighted by Gasteiger charge is -2.39. The Kier molecular flexibility index (Phi) is 7.57. The van der Waals surface area contributed by atoms with Crippen molar-refractivity contribution >= 4 is 37.1 Å². The summed E-state index contributed by atoms with van der Waals surface area (Å²) in [5, 5.41) is 6.05. The van der Waals surface area contributed by atoms with Crippen LogP contribution in [0.3, 0.4) is 0 Å². The van der Waals surface area contributed by atoms with Gasteiger partial charge in [-0.25, -0.2) is 0 Å². The highest BCUT2D eigenvalue weighted by molar-refractivity contribution is 7.75. The van der Waals surface area contributed by atoms with Gasteiger partial charge in [0.1, 0.15) is 0 Å². The van der Waals surface area contributed by atoms with Crippen molar-refractivity contribution in [1.82, 2.24) is 0 Å². The molecule has 0 fully saturated rings. The molecule has 1 atom stereocenters. The summed E-state index contributed by atoms with van der Waals surface area (Å²) in [5.74, 6) is 0. The summed E-state index contributed by atoms with van der Waals surface area (Å²) < 4.78 is 0. The molecule has 0 nitrogen and oxygen atoms in total. The Hall–Kier alpha value is -2.26. The zero-order chi connectivity index (χ0) is 22.4. The van der Waals surface area contributed by atoms with Crippen molar-refractivity contribution in [2.45, 2.75) is 38.0 Å². The molecular formula is C30H32P2. The topological polar surface area (TPSA) is 0 Å². The number of hydrogen-bond donors (Lipinski definition) is 0. The predicted molar refractivity (Wildman–Crippen MR) is 146 cm³/mol. The van der Waals surface area contributed by atoms with Crippen molar-refractivity contribution in [3.05, 3.63) is 121 Å². The molecule has 0 aliphatic rings. The van der Waals surface area contributed by atoms with Crippen LogP contribution < -0.4 is 21.2 Å². The van der Waals surface area contributed by atoms with Gasteiger partial charge in [-0.2, -0.15) is 0 Å². The van der Waals surface area contributed by atoms with Gasteiger partial charge in [0.15, 0.2) is 0 Å². The summed E-state index contributed by atoms with van der Waals surface area (Å²) in [7, 11) is -0.907. The molecule has 0 N–H and O–H groups in total. The lowest BCUT2D eigenvalue weighted by molar-refractivity contribution is 0.627. The molecule has 2 heteroatoms. The minimum absolute atomic E-state index is 0.168. The molecule has 4 rings (SSSR count). The van der Waals surface area contributed by atoms with E-state index in [2.05, 4.69) is 142 Å². The monoisotopic (exact) mass is 454 g/mol. The summed E-state index contributed by atoms with van der Waals surface area (Å²) in [5.41, 5.74) is 0.572. The number of rotatable bonds is 8. The summed E-state index contributed by atoms with van der Waals surface area (Å²) in [4.78, 5) is 0. The lowest BCUT2D eigenvalue weighted by atomic mass is 10.1. The largest absolute Gasteiger partial charge is 0.0622 e. The van der Waals surface area contributed by atoms with Gasteiger partial charge in [-0.15, -0.1) is 0 Å². The van der Waals surface area contributed by atoms with Crippen LogP contribution in [0.4, 0.5) is 0 Å². The number of benzene rings is 4. The molecular weight excluding hydrogens is 422 g/mol. The second kappa shape index (κ2) is 10.6. The van der Waals surface area contributed by atoms with E-state index in [1.807, 2.05) is 0 Å². The first-order valence-electron chi connectivity index (χ1n) is 11.4. The summed E-state index contributed by atoms with van der Waals surface area (Å²) in [6.07, 6.45) is 1.18. The highest BCUT2D eigenvalue weighted by atomic mass is 31.1. The van der Waals surface area contributed by atoms with E-state index in [4.69, 9.17) is 0 Å². The Bertz CT molecular complexity index is 998. The average molecular weight is 455 g/mol. The lowest BCUT2D eigenvalue weighted by Crippen LogP contribution is -2.33. The van der Waals surface area contributed by atoms with Crippen molar-refractivity contribution in [2.24, 2.45) is 0 Å². The van der Waals surface area contributed by atoms with Crippen molar-refractivity contribution in [2.75, 3.05) is 0 Å². The SMILES string of the molecule is CC(CC(C)(C)P(c1ccccc1)c1ccccc1)P(c1ccccc1)c1ccccc1. The van der Waals surface area contributed by atoms with Gasteiger partial charge in [0.2, 0.25) is 0 Å². The quantitative estimate of drug-likeness (QED) is 0.257. The van der Waals surface area contributed by atoms with Crippen LogP contribution in [-0.2, 0) is 0 Å². The van der Waals surface area contributed by atoms with Crippen molar-refractivity contribution < 1.29 is 0 Å². The van der Waals surface area contributed by atoms with Crippen LogP contribution in [0.1, 0.15) is 27.2 Å². The Morgan fingerprint density at radius 3 is 1.19 bits per heavy atom. The third-order valence-corrected chi connectivity index (χ3v) is 11.7. The van der Waals surface area contributed by atoms with Gasteiger partial charge in [0, 0.05) is 0 Å². The molecule has 162 valence electrons. The fourth-order valence-electron chi connectivity index (χ4n) is 4.74. The van der Waals surface area contributed by atoms with Crippen molar-refractivity contribution in [1.29, 1.82) is 0 Å². The Morgan fingerprint density at radius 2 is 0.844 bits per heavy atom. The van der Waals surface area contributed by atoms with Crippen LogP contribution in [-0.4, -0.2) is 10.8 Å². The van der Waals surface area contributed by atoms with E-state index in [0.29, 0.717) is 5.66 Å². The van der Waals surface area contributed by atoms with Crippen molar-refractivity contribution in [3.8, 4) is 0 Å². The molecule has 0 aromatic heterocycles. The molecule has 1 unspecified atom stereocenters. The first-order chi connectivity index (χ1) is 15.6. The smallest absolute Gasteiger partial charge is 0.00648 e. The van der Waals surface area contributed by atoms with E-state index >= 15 is 0 Å². The van der Waals surface area contributed by atoms with Gasteiger partial charge in [0.25, 0.3) is 0 Å². The molecule has 4 aromatic rings. The van der Waals surface area contributed by atoms with Gasteiger partial charge >= 0.3 is 0 Å². The summed E-state index contributed by atoms with van der Waals surface area (Å²) in [6.45, 7) is 7.44. The molecule has 0 aliphatic heterocycles. The molecule has 0 saturated heterocycles. The fourth-order valence-corrected chi connectivity index (χ4v) is 10.9. The van der Waals surface area contributed by atoms with Gasteiger partial charge in [-0.05, 0) is 54.3 Å². The summed E-state index contributed by atoms with van der Waals surface area (Å²) >= 11 is 0. The third-order valence-electron chi connectivity index (χ3n) is 5.94. The van der Waals surface area contributed by atoms with E-state index in [0.717, 1.165) is 0 Å². The van der Waals surface area contributed by atoms with Gasteiger partial charge in [-0.3, -0.25) is 0 Å². The Labute approximate surface area is 196 Å². The molecule has 0 aliphatic carbocycles. The van der Waals surface area contributed by atoms with Crippen LogP contribution in [0.5, 0.6) is 0 Å². The second-order valence-electron chi connectivity index (χ2n) is 8.91. The number of hydrogen-bond acceptors (Lipinski definition) is 0. The molecule has 0 amide bonds. The maximum absolute atomic E-state index is 2.48. The molecule has 4 aromatic carbocycles. The standard InChI is InChI=1S/C30H32P2/c1-25(31(26-16-8-4-9-17-26)27-18-10-5-11-19-27)24-30(2,3)32(28-20-12-6-13-21-28)29-22-14-7-15-23-29/h4-23,25H,24H2,1-3H3. The molecule has 0 radical (unpaired) electrons. The highest BCUT2D eigenvalue weighted by Gasteiger charge is 2.35. The molecule has 0 saturated carbocycles. The first-order valence-corrected chi connectivity index (χ1v) is 14.1. The highest BCUT2D eigenvalue weighted by Crippen LogP contribution is 2.54. The van der Waals surface area contributed by atoms with E-state index < -0.39 is 15.8 Å². The van der Waals surface area contributed by atoms with Crippen LogP contribution in [0, 0.1) is 0 Å². The normalized spacial score (nSPS) is 12.8. The minimum Gasteiger partial charge on any atom is -0.0622 e. The van der Waals surface area contributed by atoms with Crippen LogP contribution in [0.25, 0.3) is 0 Å². The van der Waals surface area contributed by atoms with E-state index in [9.17, 15) is 0 Å². The van der Waals surface area contributed by atoms with Gasteiger partial charge in [0.05, 0.1) is 0 Å². The molecule has 0 spiro atoms. The maximum Gasteiger partial charge on any atom is -0.00648 e. The third kappa shape index (κ3) is 5.38. The minimum atomic E-state index is -0.479. The summed E-state index contributed by atoms with van der Waals surface area (Å²) in [6, 6.07) is 44.6. The van der Waals surface area contributed by atoms with Gasteiger partial charge in [-0.1, -0.05) is 142 Å². The van der Waals surface area contributed by atoms with Crippen LogP contribution in [0.2, 0.25) is 0 Å². The van der Waals surface area contributed by atoms with Gasteiger partial charge < -0.3 is 0 Å². The molecule has 32 heavy (non-hydrogen) atoms. The van der Waals surface area contributed by atoms with Crippen LogP contribution in [0.15, 0.2) is 121 Å². The molecule has 0 bridgehead atoms. The second-order valence-corrected chi connectivity index (χ2v) is 14.5. The van der Waals surface area contributed by atoms with E-state index in [1.165, 1.54) is 27.6 Å². The Balaban J connectivity index is 1.70. The van der Waals surface area contributed by atoms with E-state index in [-0.39, 0.29) is 5.16 Å². The maximum atomic E-state index is 2.48. The van der Waals surface area contributed by atoms with Crippen LogP contribution >= 0.6 is 15.8 Å². The first kappa shape index (κ1) is 22.9. The van der Waals surface area contributed by atoms with Crippen molar-refractivity contribution in [3.63, 3.8) is 0 Å². The average Bonchev–Trinajstić information content (AvgIpc) is 2.82. The zero-order valence-electron chi connectivity index (χ0n) is 19.2. The zero-order valence-corrected chi connectivity index (χ0v) is 21.0. The molecule has 0 heterocycles. The van der Waals surface area contributed by atoms with E-state index in [1.54, 1.807) is 0 Å². The predicted octanol–water partition coefficient (Wildman–Crippen LogP) is 6.81. The Morgan fingerprint density at radius 1 is 0.531 bits per heavy atom. The fraction of sp³-hybridized carbons (Fsp3) is 0.200.